The molecule has 0 aromatic heterocycles. The van der Waals surface area contributed by atoms with Crippen LogP contribution in [0.2, 0.25) is 0 Å². The number of carbonyl (C=O) groups excluding carboxylic acids is 2. The predicted octanol–water partition coefficient (Wildman–Crippen LogP) is 3.08. The summed E-state index contributed by atoms with van der Waals surface area (Å²) in [6.07, 6.45) is -0.328. The van der Waals surface area contributed by atoms with Crippen LogP contribution < -0.4 is 4.72 Å². The number of amides is 2. The summed E-state index contributed by atoms with van der Waals surface area (Å²) in [4.78, 5) is 25.6. The Bertz CT molecular complexity index is 910. The third-order valence-corrected chi connectivity index (χ3v) is 7.24. The van der Waals surface area contributed by atoms with E-state index in [1.807, 2.05) is 0 Å². The highest BCUT2D eigenvalue weighted by Crippen LogP contribution is 2.36. The zero-order valence-electron chi connectivity index (χ0n) is 16.0. The predicted molar refractivity (Wildman–Crippen MR) is 98.1 cm³/mol. The van der Waals surface area contributed by atoms with Crippen LogP contribution in [0.15, 0.2) is 29.2 Å². The minimum atomic E-state index is -4.89. The number of sulfonamides is 1. The number of nitrogens with zero attached hydrogens (tertiary/aromatic N) is 1. The molecule has 6 nitrogen and oxygen atoms in total. The summed E-state index contributed by atoms with van der Waals surface area (Å²) < 4.78 is 66.3. The topological polar surface area (TPSA) is 83.6 Å². The van der Waals surface area contributed by atoms with Crippen LogP contribution in [0.25, 0.3) is 0 Å². The first-order chi connectivity index (χ1) is 13.4. The Morgan fingerprint density at radius 1 is 1.21 bits per heavy atom. The molecule has 10 heteroatoms. The molecule has 1 unspecified atom stereocenters. The van der Waals surface area contributed by atoms with Crippen molar-refractivity contribution in [3.63, 3.8) is 0 Å². The quantitative estimate of drug-likeness (QED) is 0.775. The lowest BCUT2D eigenvalue weighted by atomic mass is 9.85. The second-order valence-electron chi connectivity index (χ2n) is 7.85. The Kier molecular flexibility index (Phi) is 5.68. The second-order valence-corrected chi connectivity index (χ2v) is 9.50. The molecule has 1 saturated carbocycles. The molecule has 2 fully saturated rings. The molecule has 1 N–H and O–H groups in total. The molecule has 0 spiro atoms. The number of halogens is 3. The van der Waals surface area contributed by atoms with Crippen LogP contribution in [0.3, 0.4) is 0 Å². The molecule has 2 aliphatic rings. The molecule has 1 heterocycles. The molecule has 1 aromatic rings. The van der Waals surface area contributed by atoms with E-state index in [0.29, 0.717) is 19.0 Å². The van der Waals surface area contributed by atoms with Gasteiger partial charge in [0.2, 0.25) is 5.91 Å². The first-order valence-corrected chi connectivity index (χ1v) is 11.0. The fourth-order valence-corrected chi connectivity index (χ4v) is 5.29. The van der Waals surface area contributed by atoms with E-state index in [0.717, 1.165) is 43.9 Å². The number of likely N-dealkylation sites (tertiary alicyclic amines) is 1. The van der Waals surface area contributed by atoms with E-state index in [1.165, 1.54) is 11.8 Å². The molecule has 1 aromatic carbocycles. The zero-order valence-corrected chi connectivity index (χ0v) is 16.8. The SMILES string of the molecule is CC1(C(=O)NS(=O)(=O)c2ccccc2C(F)(F)F)CCN1C(=O)CC1CCCC1. The fraction of sp³-hybridized carbons (Fsp3) is 0.579. The second kappa shape index (κ2) is 7.62. The van der Waals surface area contributed by atoms with Crippen molar-refractivity contribution in [3.05, 3.63) is 29.8 Å². The third-order valence-electron chi connectivity index (χ3n) is 5.86. The van der Waals surface area contributed by atoms with Crippen LogP contribution in [0.4, 0.5) is 13.2 Å². The van der Waals surface area contributed by atoms with Crippen LogP contribution in [-0.2, 0) is 25.8 Å². The number of carbonyl (C=O) groups is 2. The van der Waals surface area contributed by atoms with Crippen molar-refractivity contribution in [1.29, 1.82) is 0 Å². The van der Waals surface area contributed by atoms with Gasteiger partial charge in [0, 0.05) is 13.0 Å². The van der Waals surface area contributed by atoms with Crippen LogP contribution >= 0.6 is 0 Å². The van der Waals surface area contributed by atoms with E-state index in [4.69, 9.17) is 0 Å². The number of benzene rings is 1. The highest BCUT2D eigenvalue weighted by Gasteiger charge is 2.51. The zero-order chi connectivity index (χ0) is 21.4. The monoisotopic (exact) mass is 432 g/mol. The number of rotatable bonds is 5. The molecule has 29 heavy (non-hydrogen) atoms. The minimum Gasteiger partial charge on any atom is -0.328 e. The minimum absolute atomic E-state index is 0.228. The van der Waals surface area contributed by atoms with E-state index in [-0.39, 0.29) is 18.2 Å². The number of hydrogen-bond acceptors (Lipinski definition) is 4. The number of hydrogen-bond donors (Lipinski definition) is 1. The van der Waals surface area contributed by atoms with Crippen molar-refractivity contribution < 1.29 is 31.2 Å². The van der Waals surface area contributed by atoms with E-state index in [1.54, 1.807) is 4.72 Å². The van der Waals surface area contributed by atoms with E-state index < -0.39 is 38.1 Å². The van der Waals surface area contributed by atoms with Gasteiger partial charge in [0.25, 0.3) is 15.9 Å². The molecule has 1 aliphatic carbocycles. The lowest BCUT2D eigenvalue weighted by Gasteiger charge is -2.49. The molecule has 1 atom stereocenters. The molecular weight excluding hydrogens is 409 g/mol. The fourth-order valence-electron chi connectivity index (χ4n) is 3.99. The van der Waals surface area contributed by atoms with Gasteiger partial charge in [-0.3, -0.25) is 9.59 Å². The van der Waals surface area contributed by atoms with Gasteiger partial charge in [-0.1, -0.05) is 25.0 Å². The highest BCUT2D eigenvalue weighted by molar-refractivity contribution is 7.90. The Labute approximate surface area is 167 Å². The molecule has 3 rings (SSSR count). The smallest absolute Gasteiger partial charge is 0.328 e. The van der Waals surface area contributed by atoms with Crippen LogP contribution in [-0.4, -0.2) is 37.2 Å². The number of nitrogens with one attached hydrogen (secondary N) is 1. The van der Waals surface area contributed by atoms with Crippen molar-refractivity contribution in [2.75, 3.05) is 6.54 Å². The standard InChI is InChI=1S/C19H23F3N2O4S/c1-18(10-11-24(18)16(25)12-13-6-2-3-7-13)17(26)23-29(27,28)15-9-5-4-8-14(15)19(20,21)22/h4-5,8-9,13H,2-3,6-7,10-12H2,1H3,(H,23,26). The van der Waals surface area contributed by atoms with Gasteiger partial charge in [-0.05, 0) is 44.2 Å². The van der Waals surface area contributed by atoms with Gasteiger partial charge in [-0.25, -0.2) is 13.1 Å². The Hall–Kier alpha value is -2.10. The van der Waals surface area contributed by atoms with E-state index in [9.17, 15) is 31.2 Å². The van der Waals surface area contributed by atoms with Gasteiger partial charge in [0.15, 0.2) is 0 Å². The molecule has 0 radical (unpaired) electrons. The highest BCUT2D eigenvalue weighted by atomic mass is 32.2. The third kappa shape index (κ3) is 4.26. The van der Waals surface area contributed by atoms with Gasteiger partial charge >= 0.3 is 6.18 Å². The molecule has 0 bridgehead atoms. The van der Waals surface area contributed by atoms with Crippen LogP contribution in [0, 0.1) is 5.92 Å². The van der Waals surface area contributed by atoms with Crippen molar-refractivity contribution >= 4 is 21.8 Å². The summed E-state index contributed by atoms with van der Waals surface area (Å²) in [7, 11) is -4.76. The van der Waals surface area contributed by atoms with Crippen molar-refractivity contribution in [1.82, 2.24) is 9.62 Å². The average Bonchev–Trinajstić information content (AvgIpc) is 3.11. The molecule has 160 valence electrons. The molecular formula is C19H23F3N2O4S. The number of alkyl halides is 3. The molecule has 1 aliphatic heterocycles. The van der Waals surface area contributed by atoms with E-state index >= 15 is 0 Å². The molecule has 2 amide bonds. The van der Waals surface area contributed by atoms with Gasteiger partial charge in [0.1, 0.15) is 5.54 Å². The van der Waals surface area contributed by atoms with E-state index in [2.05, 4.69) is 0 Å². The first-order valence-electron chi connectivity index (χ1n) is 9.49. The Morgan fingerprint density at radius 3 is 2.38 bits per heavy atom. The maximum atomic E-state index is 13.2. The van der Waals surface area contributed by atoms with Gasteiger partial charge in [-0.15, -0.1) is 0 Å². The average molecular weight is 432 g/mol. The Morgan fingerprint density at radius 2 is 1.83 bits per heavy atom. The molecule has 1 saturated heterocycles. The van der Waals surface area contributed by atoms with Crippen molar-refractivity contribution in [3.8, 4) is 0 Å². The summed E-state index contributed by atoms with van der Waals surface area (Å²) in [5.41, 5.74) is -2.75. The summed E-state index contributed by atoms with van der Waals surface area (Å²) >= 11 is 0. The van der Waals surface area contributed by atoms with Crippen molar-refractivity contribution in [2.24, 2.45) is 5.92 Å². The van der Waals surface area contributed by atoms with Crippen LogP contribution in [0.1, 0.15) is 51.0 Å². The lowest BCUT2D eigenvalue weighted by molar-refractivity contribution is -0.157. The summed E-state index contributed by atoms with van der Waals surface area (Å²) in [5, 5.41) is 0. The summed E-state index contributed by atoms with van der Waals surface area (Å²) in [5.74, 6) is -0.966. The first kappa shape index (κ1) is 21.6. The maximum Gasteiger partial charge on any atom is 0.417 e. The van der Waals surface area contributed by atoms with Gasteiger partial charge < -0.3 is 4.90 Å². The lowest BCUT2D eigenvalue weighted by Crippen LogP contribution is -2.68. The largest absolute Gasteiger partial charge is 0.417 e. The van der Waals surface area contributed by atoms with Gasteiger partial charge in [0.05, 0.1) is 10.5 Å². The summed E-state index contributed by atoms with van der Waals surface area (Å²) in [6.45, 7) is 1.75. The summed E-state index contributed by atoms with van der Waals surface area (Å²) in [6, 6.07) is 3.66. The van der Waals surface area contributed by atoms with Crippen LogP contribution in [0.5, 0.6) is 0 Å². The Balaban J connectivity index is 1.76. The van der Waals surface area contributed by atoms with Crippen molar-refractivity contribution in [2.45, 2.75) is 62.1 Å². The van der Waals surface area contributed by atoms with Gasteiger partial charge in [-0.2, -0.15) is 13.2 Å². The maximum absolute atomic E-state index is 13.2. The normalized spacial score (nSPS) is 23.0.